The molecular formula is C12H19NO2. The molecule has 0 aliphatic carbocycles. The molecule has 0 saturated heterocycles. The van der Waals surface area contributed by atoms with Gasteiger partial charge in [0.15, 0.2) is 0 Å². The van der Waals surface area contributed by atoms with E-state index in [0.29, 0.717) is 0 Å². The number of hydrogen-bond acceptors (Lipinski definition) is 2. The third-order valence-electron chi connectivity index (χ3n) is 2.52. The van der Waals surface area contributed by atoms with Gasteiger partial charge in [-0.3, -0.25) is 4.79 Å². The second kappa shape index (κ2) is 6.40. The largest absolute Gasteiger partial charge is 0.388 e. The first-order chi connectivity index (χ1) is 7.24. The second-order valence-electron chi connectivity index (χ2n) is 3.85. The van der Waals surface area contributed by atoms with Gasteiger partial charge in [-0.2, -0.15) is 0 Å². The molecule has 0 bridgehead atoms. The van der Waals surface area contributed by atoms with Crippen molar-refractivity contribution in [1.29, 1.82) is 0 Å². The number of aromatic nitrogens is 1. The minimum Gasteiger partial charge on any atom is -0.388 e. The van der Waals surface area contributed by atoms with Crippen molar-refractivity contribution in [3.63, 3.8) is 0 Å². The first-order valence-corrected chi connectivity index (χ1v) is 5.60. The predicted molar refractivity (Wildman–Crippen MR) is 60.8 cm³/mol. The Morgan fingerprint density at radius 3 is 2.87 bits per heavy atom. The van der Waals surface area contributed by atoms with Crippen molar-refractivity contribution in [1.82, 2.24) is 4.98 Å². The highest BCUT2D eigenvalue weighted by Crippen LogP contribution is 2.17. The maximum atomic E-state index is 11.0. The summed E-state index contributed by atoms with van der Waals surface area (Å²) in [6.45, 7) is 2.16. The summed E-state index contributed by atoms with van der Waals surface area (Å²) in [6.07, 6.45) is 6.39. The van der Waals surface area contributed by atoms with E-state index in [0.717, 1.165) is 24.8 Å². The fourth-order valence-corrected chi connectivity index (χ4v) is 1.60. The molecule has 0 saturated carbocycles. The predicted octanol–water partition coefficient (Wildman–Crippen LogP) is 2.38. The van der Waals surface area contributed by atoms with Gasteiger partial charge in [0.05, 0.1) is 6.10 Å². The molecule has 1 heterocycles. The number of unbranched alkanes of at least 4 members (excludes halogenated alkanes) is 3. The number of hydrogen-bond donors (Lipinski definition) is 2. The molecule has 1 aromatic heterocycles. The molecule has 1 aromatic rings. The van der Waals surface area contributed by atoms with Crippen LogP contribution in [0.2, 0.25) is 0 Å². The van der Waals surface area contributed by atoms with Gasteiger partial charge in [0.25, 0.3) is 0 Å². The molecule has 0 aliphatic heterocycles. The van der Waals surface area contributed by atoms with Crippen molar-refractivity contribution in [2.45, 2.75) is 45.1 Å². The van der Waals surface area contributed by atoms with Gasteiger partial charge in [-0.05, 0) is 18.1 Å². The topological polar surface area (TPSA) is 53.1 Å². The molecule has 1 unspecified atom stereocenters. The number of rotatable bonds is 6. The molecule has 0 radical (unpaired) electrons. The van der Waals surface area contributed by atoms with Crippen molar-refractivity contribution < 1.29 is 5.11 Å². The van der Waals surface area contributed by atoms with E-state index in [-0.39, 0.29) is 5.56 Å². The summed E-state index contributed by atoms with van der Waals surface area (Å²) < 4.78 is 0. The maximum Gasteiger partial charge on any atom is 0.248 e. The molecule has 3 nitrogen and oxygen atoms in total. The second-order valence-corrected chi connectivity index (χ2v) is 3.85. The summed E-state index contributed by atoms with van der Waals surface area (Å²) in [7, 11) is 0. The standard InChI is InChI=1S/C12H19NO2/c1-2-3-4-5-6-11(14)10-7-8-13-12(15)9-10/h7-9,11,14H,2-6H2,1H3,(H,13,15). The van der Waals surface area contributed by atoms with E-state index in [2.05, 4.69) is 11.9 Å². The van der Waals surface area contributed by atoms with Crippen LogP contribution in [0.3, 0.4) is 0 Å². The first-order valence-electron chi connectivity index (χ1n) is 5.60. The molecule has 0 amide bonds. The number of pyridine rings is 1. The Morgan fingerprint density at radius 1 is 1.40 bits per heavy atom. The average molecular weight is 209 g/mol. The van der Waals surface area contributed by atoms with Gasteiger partial charge in [0.2, 0.25) is 5.56 Å². The van der Waals surface area contributed by atoms with E-state index in [9.17, 15) is 9.90 Å². The van der Waals surface area contributed by atoms with Crippen molar-refractivity contribution in [2.24, 2.45) is 0 Å². The number of nitrogens with one attached hydrogen (secondary N) is 1. The average Bonchev–Trinajstić information content (AvgIpc) is 2.24. The smallest absolute Gasteiger partial charge is 0.248 e. The highest BCUT2D eigenvalue weighted by atomic mass is 16.3. The summed E-state index contributed by atoms with van der Waals surface area (Å²) in [5.74, 6) is 0. The third kappa shape index (κ3) is 4.30. The lowest BCUT2D eigenvalue weighted by atomic mass is 10.0. The summed E-state index contributed by atoms with van der Waals surface area (Å²) in [5, 5.41) is 9.79. The van der Waals surface area contributed by atoms with E-state index in [1.807, 2.05) is 0 Å². The molecule has 2 N–H and O–H groups in total. The lowest BCUT2D eigenvalue weighted by molar-refractivity contribution is 0.163. The maximum absolute atomic E-state index is 11.0. The fraction of sp³-hybridized carbons (Fsp3) is 0.583. The lowest BCUT2D eigenvalue weighted by Crippen LogP contribution is -2.07. The van der Waals surface area contributed by atoms with Crippen LogP contribution in [0.5, 0.6) is 0 Å². The normalized spacial score (nSPS) is 12.7. The van der Waals surface area contributed by atoms with Crippen LogP contribution >= 0.6 is 0 Å². The minimum absolute atomic E-state index is 0.153. The zero-order valence-corrected chi connectivity index (χ0v) is 9.20. The fourth-order valence-electron chi connectivity index (χ4n) is 1.60. The number of aliphatic hydroxyl groups excluding tert-OH is 1. The highest BCUT2D eigenvalue weighted by Gasteiger charge is 2.06. The minimum atomic E-state index is -0.496. The van der Waals surface area contributed by atoms with Gasteiger partial charge in [-0.15, -0.1) is 0 Å². The van der Waals surface area contributed by atoms with E-state index in [1.165, 1.54) is 18.9 Å². The number of aromatic amines is 1. The van der Waals surface area contributed by atoms with Crippen LogP contribution in [0.4, 0.5) is 0 Å². The SMILES string of the molecule is CCCCCCC(O)c1cc[nH]c(=O)c1. The Balaban J connectivity index is 2.40. The zero-order valence-electron chi connectivity index (χ0n) is 9.20. The molecule has 15 heavy (non-hydrogen) atoms. The van der Waals surface area contributed by atoms with Gasteiger partial charge in [0.1, 0.15) is 0 Å². The van der Waals surface area contributed by atoms with Gasteiger partial charge >= 0.3 is 0 Å². The monoisotopic (exact) mass is 209 g/mol. The van der Waals surface area contributed by atoms with E-state index in [1.54, 1.807) is 12.3 Å². The van der Waals surface area contributed by atoms with Crippen LogP contribution in [0.25, 0.3) is 0 Å². The molecule has 3 heteroatoms. The number of aliphatic hydroxyl groups is 1. The first kappa shape index (κ1) is 12.0. The van der Waals surface area contributed by atoms with Crippen LogP contribution in [-0.4, -0.2) is 10.1 Å². The third-order valence-corrected chi connectivity index (χ3v) is 2.52. The van der Waals surface area contributed by atoms with E-state index < -0.39 is 6.10 Å². The Kier molecular flexibility index (Phi) is 5.12. The van der Waals surface area contributed by atoms with Crippen molar-refractivity contribution >= 4 is 0 Å². The molecule has 84 valence electrons. The van der Waals surface area contributed by atoms with Crippen molar-refractivity contribution in [3.8, 4) is 0 Å². The Hall–Kier alpha value is -1.09. The molecular weight excluding hydrogens is 190 g/mol. The molecule has 0 spiro atoms. The van der Waals surface area contributed by atoms with Gasteiger partial charge in [-0.1, -0.05) is 32.6 Å². The molecule has 0 aliphatic rings. The zero-order chi connectivity index (χ0) is 11.1. The van der Waals surface area contributed by atoms with Gasteiger partial charge < -0.3 is 10.1 Å². The quantitative estimate of drug-likeness (QED) is 0.707. The Labute approximate surface area is 90.2 Å². The van der Waals surface area contributed by atoms with Crippen LogP contribution in [0, 0.1) is 0 Å². The van der Waals surface area contributed by atoms with Crippen LogP contribution in [0.1, 0.15) is 50.7 Å². The summed E-state index contributed by atoms with van der Waals surface area (Å²) in [5.41, 5.74) is 0.565. The molecule has 1 atom stereocenters. The summed E-state index contributed by atoms with van der Waals surface area (Å²) >= 11 is 0. The molecule has 0 fully saturated rings. The van der Waals surface area contributed by atoms with Crippen LogP contribution < -0.4 is 5.56 Å². The number of H-pyrrole nitrogens is 1. The van der Waals surface area contributed by atoms with E-state index in [4.69, 9.17) is 0 Å². The van der Waals surface area contributed by atoms with E-state index >= 15 is 0 Å². The Bertz CT molecular complexity index is 332. The summed E-state index contributed by atoms with van der Waals surface area (Å²) in [6, 6.07) is 3.22. The van der Waals surface area contributed by atoms with Gasteiger partial charge in [-0.25, -0.2) is 0 Å². The van der Waals surface area contributed by atoms with Gasteiger partial charge in [0, 0.05) is 12.3 Å². The Morgan fingerprint density at radius 2 is 2.20 bits per heavy atom. The highest BCUT2D eigenvalue weighted by molar-refractivity contribution is 5.12. The molecule has 1 rings (SSSR count). The summed E-state index contributed by atoms with van der Waals surface area (Å²) in [4.78, 5) is 13.5. The molecule has 0 aromatic carbocycles. The van der Waals surface area contributed by atoms with Crippen LogP contribution in [-0.2, 0) is 0 Å². The lowest BCUT2D eigenvalue weighted by Gasteiger charge is -2.09. The van der Waals surface area contributed by atoms with Crippen molar-refractivity contribution in [2.75, 3.05) is 0 Å². The van der Waals surface area contributed by atoms with Crippen molar-refractivity contribution in [3.05, 3.63) is 34.2 Å². The van der Waals surface area contributed by atoms with Crippen LogP contribution in [0.15, 0.2) is 23.1 Å².